The van der Waals surface area contributed by atoms with Crippen LogP contribution in [-0.2, 0) is 4.74 Å². The zero-order valence-corrected chi connectivity index (χ0v) is 16.9. The van der Waals surface area contributed by atoms with E-state index in [9.17, 15) is 18.0 Å². The quantitative estimate of drug-likeness (QED) is 0.533. The molecular weight excluding hydrogens is 373 g/mol. The van der Waals surface area contributed by atoms with Gasteiger partial charge in [0.2, 0.25) is 0 Å². The van der Waals surface area contributed by atoms with E-state index >= 15 is 0 Å². The molecule has 1 aromatic heterocycles. The first kappa shape index (κ1) is 23.6. The van der Waals surface area contributed by atoms with E-state index in [1.165, 1.54) is 13.1 Å². The fraction of sp³-hybridized carbons (Fsp3) is 0.579. The number of aromatic nitrogens is 1. The molecule has 0 fully saturated rings. The summed E-state index contributed by atoms with van der Waals surface area (Å²) in [5.41, 5.74) is 0.407. The molecule has 0 spiro atoms. The van der Waals surface area contributed by atoms with Crippen LogP contribution >= 0.6 is 0 Å². The average molecular weight is 400 g/mol. The zero-order chi connectivity index (χ0) is 21.4. The smallest absolute Gasteiger partial charge is 0.422 e. The fourth-order valence-electron chi connectivity index (χ4n) is 1.85. The lowest BCUT2D eigenvalue weighted by Gasteiger charge is -2.22. The predicted molar refractivity (Wildman–Crippen MR) is 103 cm³/mol. The molecule has 28 heavy (non-hydrogen) atoms. The number of rotatable bonds is 7. The van der Waals surface area contributed by atoms with Crippen LogP contribution in [0.3, 0.4) is 0 Å². The Balaban J connectivity index is 2.78. The van der Waals surface area contributed by atoms with Gasteiger partial charge in [0.25, 0.3) is 5.91 Å². The summed E-state index contributed by atoms with van der Waals surface area (Å²) in [7, 11) is 0. The van der Waals surface area contributed by atoms with Crippen LogP contribution in [-0.4, -0.2) is 42.0 Å². The minimum absolute atomic E-state index is 0.00734. The van der Waals surface area contributed by atoms with Crippen molar-refractivity contribution in [3.63, 3.8) is 0 Å². The fourth-order valence-corrected chi connectivity index (χ4v) is 1.85. The second-order valence-electron chi connectivity index (χ2n) is 7.02. The van der Waals surface area contributed by atoms with E-state index in [1.807, 2.05) is 0 Å². The van der Waals surface area contributed by atoms with E-state index in [0.29, 0.717) is 24.3 Å². The third-order valence-corrected chi connectivity index (χ3v) is 3.99. The lowest BCUT2D eigenvalue weighted by atomic mass is 9.90. The van der Waals surface area contributed by atoms with E-state index in [4.69, 9.17) is 0 Å². The molecule has 1 rings (SSSR count). The van der Waals surface area contributed by atoms with Crippen molar-refractivity contribution in [2.45, 2.75) is 53.6 Å². The summed E-state index contributed by atoms with van der Waals surface area (Å²) >= 11 is 0. The van der Waals surface area contributed by atoms with Gasteiger partial charge in [0.05, 0.1) is 5.56 Å². The molecule has 9 heteroatoms. The van der Waals surface area contributed by atoms with Crippen molar-refractivity contribution in [1.29, 1.82) is 0 Å². The number of alkyl halides is 3. The van der Waals surface area contributed by atoms with Crippen molar-refractivity contribution < 1.29 is 22.7 Å². The lowest BCUT2D eigenvalue weighted by molar-refractivity contribution is -0.156. The minimum Gasteiger partial charge on any atom is -0.471 e. The lowest BCUT2D eigenvalue weighted by Crippen LogP contribution is -2.33. The predicted octanol–water partition coefficient (Wildman–Crippen LogP) is 4.68. The number of amidine groups is 1. The number of halogens is 3. The number of nitrogens with zero attached hydrogens (tertiary/aromatic N) is 3. The molecule has 0 aliphatic carbocycles. The summed E-state index contributed by atoms with van der Waals surface area (Å²) in [6.07, 6.45) is -1.71. The van der Waals surface area contributed by atoms with Gasteiger partial charge in [-0.25, -0.2) is 15.0 Å². The van der Waals surface area contributed by atoms with Crippen LogP contribution in [0.15, 0.2) is 28.3 Å². The molecule has 0 aliphatic rings. The van der Waals surface area contributed by atoms with Gasteiger partial charge in [0.15, 0.2) is 18.3 Å². The van der Waals surface area contributed by atoms with Gasteiger partial charge in [-0.15, -0.1) is 0 Å². The second kappa shape index (κ2) is 10.2. The highest BCUT2D eigenvalue weighted by molar-refractivity contribution is 5.95. The molecule has 156 valence electrons. The highest BCUT2D eigenvalue weighted by Crippen LogP contribution is 2.18. The average Bonchev–Trinajstić information content (AvgIpc) is 2.64. The SMILES string of the molecule is CCC(=Nc1ccc(C(=O)NCC(C)(C)CC)cn1)N=C(C)OCC(F)(F)F. The molecule has 0 unspecified atom stereocenters. The van der Waals surface area contributed by atoms with Crippen molar-refractivity contribution in [2.75, 3.05) is 13.2 Å². The first-order chi connectivity index (χ1) is 13.0. The van der Waals surface area contributed by atoms with Crippen LogP contribution < -0.4 is 5.32 Å². The van der Waals surface area contributed by atoms with E-state index in [0.717, 1.165) is 6.42 Å². The number of pyridine rings is 1. The maximum Gasteiger partial charge on any atom is 0.422 e. The normalized spacial score (nSPS) is 13.4. The number of hydrogen-bond acceptors (Lipinski definition) is 4. The molecule has 1 amide bonds. The van der Waals surface area contributed by atoms with Crippen LogP contribution in [0.5, 0.6) is 0 Å². The number of carbonyl (C=O) groups excluding carboxylic acids is 1. The molecule has 0 aliphatic heterocycles. The van der Waals surface area contributed by atoms with Crippen LogP contribution in [0.25, 0.3) is 0 Å². The van der Waals surface area contributed by atoms with Crippen LogP contribution in [0.1, 0.15) is 57.8 Å². The number of amides is 1. The van der Waals surface area contributed by atoms with Crippen LogP contribution in [0.4, 0.5) is 19.0 Å². The standard InChI is InChI=1S/C19H27F3N4O2/c1-6-15(25-13(3)28-12-19(20,21)22)26-16-9-8-14(10-23-16)17(27)24-11-18(4,5)7-2/h8-10H,6-7,11-12H2,1-5H3,(H,24,27). The second-order valence-corrected chi connectivity index (χ2v) is 7.02. The van der Waals surface area contributed by atoms with Crippen molar-refractivity contribution >= 4 is 23.5 Å². The molecule has 0 saturated heterocycles. The van der Waals surface area contributed by atoms with Gasteiger partial charge in [0, 0.05) is 26.1 Å². The van der Waals surface area contributed by atoms with Crippen molar-refractivity contribution in [2.24, 2.45) is 15.4 Å². The molecule has 0 saturated carbocycles. The van der Waals surface area contributed by atoms with Crippen LogP contribution in [0, 0.1) is 5.41 Å². The van der Waals surface area contributed by atoms with Gasteiger partial charge in [-0.3, -0.25) is 4.79 Å². The summed E-state index contributed by atoms with van der Waals surface area (Å²) in [6.45, 7) is 8.42. The Hall–Kier alpha value is -2.45. The Labute approximate surface area is 163 Å². The van der Waals surface area contributed by atoms with Gasteiger partial charge in [0.1, 0.15) is 5.84 Å². The highest BCUT2D eigenvalue weighted by Gasteiger charge is 2.28. The molecule has 0 aromatic carbocycles. The summed E-state index contributed by atoms with van der Waals surface area (Å²) in [6, 6.07) is 3.14. The molecule has 1 heterocycles. The van der Waals surface area contributed by atoms with E-state index in [1.54, 1.807) is 19.1 Å². The number of nitrogens with one attached hydrogen (secondary N) is 1. The molecule has 0 radical (unpaired) electrons. The third kappa shape index (κ3) is 8.96. The van der Waals surface area contributed by atoms with Gasteiger partial charge in [-0.05, 0) is 24.0 Å². The van der Waals surface area contributed by atoms with E-state index < -0.39 is 12.8 Å². The minimum atomic E-state index is -4.43. The monoisotopic (exact) mass is 400 g/mol. The van der Waals surface area contributed by atoms with Gasteiger partial charge >= 0.3 is 6.18 Å². The Bertz CT molecular complexity index is 711. The highest BCUT2D eigenvalue weighted by atomic mass is 19.4. The summed E-state index contributed by atoms with van der Waals surface area (Å²) in [4.78, 5) is 24.4. The van der Waals surface area contributed by atoms with E-state index in [-0.39, 0.29) is 23.1 Å². The number of carbonyl (C=O) groups is 1. The first-order valence-electron chi connectivity index (χ1n) is 9.02. The van der Waals surface area contributed by atoms with Gasteiger partial charge in [-0.2, -0.15) is 13.2 Å². The maximum absolute atomic E-state index is 12.2. The Morgan fingerprint density at radius 3 is 2.43 bits per heavy atom. The number of ether oxygens (including phenoxy) is 1. The molecule has 0 atom stereocenters. The molecule has 0 bridgehead atoms. The van der Waals surface area contributed by atoms with Gasteiger partial charge in [-0.1, -0.05) is 27.7 Å². The summed E-state index contributed by atoms with van der Waals surface area (Å²) in [5.74, 6) is 0.214. The Morgan fingerprint density at radius 2 is 1.93 bits per heavy atom. The largest absolute Gasteiger partial charge is 0.471 e. The molecule has 1 aromatic rings. The number of aliphatic imine (C=N–C) groups is 2. The van der Waals surface area contributed by atoms with E-state index in [2.05, 4.69) is 45.8 Å². The van der Waals surface area contributed by atoms with Crippen molar-refractivity contribution in [3.05, 3.63) is 23.9 Å². The van der Waals surface area contributed by atoms with Crippen LogP contribution in [0.2, 0.25) is 0 Å². The first-order valence-corrected chi connectivity index (χ1v) is 9.02. The topological polar surface area (TPSA) is 75.9 Å². The zero-order valence-electron chi connectivity index (χ0n) is 16.9. The van der Waals surface area contributed by atoms with Crippen molar-refractivity contribution in [1.82, 2.24) is 10.3 Å². The maximum atomic E-state index is 12.2. The molecular formula is C19H27F3N4O2. The van der Waals surface area contributed by atoms with Gasteiger partial charge < -0.3 is 10.1 Å². The number of hydrogen-bond donors (Lipinski definition) is 1. The third-order valence-electron chi connectivity index (χ3n) is 3.99. The molecule has 1 N–H and O–H groups in total. The summed E-state index contributed by atoms with van der Waals surface area (Å²) in [5, 5.41) is 2.87. The van der Waals surface area contributed by atoms with Crippen molar-refractivity contribution in [3.8, 4) is 0 Å². The Morgan fingerprint density at radius 1 is 1.25 bits per heavy atom. The summed E-state index contributed by atoms with van der Waals surface area (Å²) < 4.78 is 41.1. The Kier molecular flexibility index (Phi) is 8.59. The molecule has 6 nitrogen and oxygen atoms in total.